The Morgan fingerprint density at radius 2 is 1.76 bits per heavy atom. The molecule has 0 saturated carbocycles. The minimum atomic E-state index is -0.906. The van der Waals surface area contributed by atoms with Crippen LogP contribution in [-0.4, -0.2) is 47.5 Å². The van der Waals surface area contributed by atoms with Gasteiger partial charge in [-0.1, -0.05) is 50.8 Å². The Bertz CT molecular complexity index is 839. The normalized spacial score (nSPS) is 12.8. The van der Waals surface area contributed by atoms with E-state index in [1.165, 1.54) is 4.90 Å². The third kappa shape index (κ3) is 9.17. The zero-order valence-corrected chi connectivity index (χ0v) is 20.9. The van der Waals surface area contributed by atoms with E-state index in [2.05, 4.69) is 16.6 Å². The fraction of sp³-hybridized carbons (Fsp3) is 0.577. The van der Waals surface area contributed by atoms with Crippen molar-refractivity contribution < 1.29 is 19.1 Å². The van der Waals surface area contributed by atoms with Crippen LogP contribution in [0.1, 0.15) is 84.4 Å². The molecule has 0 aliphatic heterocycles. The van der Waals surface area contributed by atoms with Gasteiger partial charge in [0.15, 0.2) is 0 Å². The maximum atomic E-state index is 13.5. The van der Waals surface area contributed by atoms with E-state index in [1.807, 2.05) is 13.8 Å². The molecule has 0 fully saturated rings. The maximum Gasteiger partial charge on any atom is 0.408 e. The van der Waals surface area contributed by atoms with Gasteiger partial charge in [-0.15, -0.1) is 6.42 Å². The summed E-state index contributed by atoms with van der Waals surface area (Å²) in [6.45, 7) is 11.7. The summed E-state index contributed by atoms with van der Waals surface area (Å²) in [7, 11) is 0. The number of hydrogen-bond acceptors (Lipinski definition) is 4. The van der Waals surface area contributed by atoms with Gasteiger partial charge in [0.25, 0.3) is 0 Å². The minimum absolute atomic E-state index is 0.292. The monoisotopic (exact) mass is 457 g/mol. The van der Waals surface area contributed by atoms with Gasteiger partial charge in [-0.3, -0.25) is 9.59 Å². The molecule has 0 aliphatic carbocycles. The maximum absolute atomic E-state index is 13.5. The Balaban J connectivity index is 3.32. The van der Waals surface area contributed by atoms with E-state index in [0.717, 1.165) is 19.3 Å². The predicted molar refractivity (Wildman–Crippen MR) is 130 cm³/mol. The van der Waals surface area contributed by atoms with Crippen LogP contribution in [-0.2, 0) is 14.3 Å². The highest BCUT2D eigenvalue weighted by Gasteiger charge is 2.35. The second kappa shape index (κ2) is 13.5. The van der Waals surface area contributed by atoms with Crippen LogP contribution in [0.25, 0.3) is 0 Å². The van der Waals surface area contributed by atoms with E-state index >= 15 is 0 Å². The second-order valence-corrected chi connectivity index (χ2v) is 9.03. The van der Waals surface area contributed by atoms with Gasteiger partial charge in [0, 0.05) is 18.7 Å². The van der Waals surface area contributed by atoms with E-state index < -0.39 is 23.8 Å². The Kier molecular flexibility index (Phi) is 11.5. The van der Waals surface area contributed by atoms with Crippen LogP contribution in [0.2, 0.25) is 0 Å². The quantitative estimate of drug-likeness (QED) is 0.386. The number of terminal acetylenes is 1. The van der Waals surface area contributed by atoms with Gasteiger partial charge in [-0.2, -0.15) is 0 Å². The van der Waals surface area contributed by atoms with Crippen LogP contribution in [0.5, 0.6) is 0 Å². The second-order valence-electron chi connectivity index (χ2n) is 9.03. The van der Waals surface area contributed by atoms with Crippen molar-refractivity contribution in [3.8, 4) is 12.3 Å². The molecule has 33 heavy (non-hydrogen) atoms. The average Bonchev–Trinajstić information content (AvgIpc) is 2.74. The van der Waals surface area contributed by atoms with Crippen LogP contribution in [0.4, 0.5) is 4.79 Å². The lowest BCUT2D eigenvalue weighted by molar-refractivity contribution is -0.142. The number of unbranched alkanes of at least 4 members (excludes halogenated alkanes) is 2. The molecule has 7 nitrogen and oxygen atoms in total. The molecule has 0 aromatic heterocycles. The smallest absolute Gasteiger partial charge is 0.408 e. The van der Waals surface area contributed by atoms with Gasteiger partial charge in [-0.25, -0.2) is 4.79 Å². The molecule has 182 valence electrons. The predicted octanol–water partition coefficient (Wildman–Crippen LogP) is 4.17. The molecule has 2 N–H and O–H groups in total. The SMILES string of the molecule is C#Cc1ccccc1C(C(=O)NCCCC)N(CCCC)C(=O)C(C)NC(=O)OC(C)(C)C. The van der Waals surface area contributed by atoms with Gasteiger partial charge in [0.05, 0.1) is 0 Å². The number of nitrogens with one attached hydrogen (secondary N) is 2. The number of benzene rings is 1. The fourth-order valence-electron chi connectivity index (χ4n) is 3.29. The van der Waals surface area contributed by atoms with E-state index in [-0.39, 0.29) is 11.8 Å². The summed E-state index contributed by atoms with van der Waals surface area (Å²) >= 11 is 0. The Hall–Kier alpha value is -3.01. The number of hydrogen-bond donors (Lipinski definition) is 2. The first kappa shape index (κ1) is 28.0. The molecule has 1 aromatic rings. The topological polar surface area (TPSA) is 87.7 Å². The standard InChI is InChI=1S/C26H39N3O4/c1-8-11-17-27-23(30)22(21-16-14-13-15-20(21)10-3)29(18-12-9-2)24(31)19(4)28-25(32)33-26(5,6)7/h3,13-16,19,22H,8-9,11-12,17-18H2,1-2,4-7H3,(H,27,30)(H,28,32). The van der Waals surface area contributed by atoms with Crippen molar-refractivity contribution in [3.63, 3.8) is 0 Å². The van der Waals surface area contributed by atoms with Crippen molar-refractivity contribution in [2.24, 2.45) is 0 Å². The highest BCUT2D eigenvalue weighted by molar-refractivity contribution is 5.92. The summed E-state index contributed by atoms with van der Waals surface area (Å²) in [6.07, 6.45) is 8.31. The highest BCUT2D eigenvalue weighted by Crippen LogP contribution is 2.26. The molecule has 0 bridgehead atoms. The van der Waals surface area contributed by atoms with Crippen LogP contribution in [0, 0.1) is 12.3 Å². The molecule has 0 aliphatic rings. The van der Waals surface area contributed by atoms with Crippen LogP contribution in [0.3, 0.4) is 0 Å². The van der Waals surface area contributed by atoms with Crippen molar-refractivity contribution in [3.05, 3.63) is 35.4 Å². The van der Waals surface area contributed by atoms with Gasteiger partial charge < -0.3 is 20.3 Å². The molecule has 2 atom stereocenters. The third-order valence-corrected chi connectivity index (χ3v) is 4.94. The Morgan fingerprint density at radius 1 is 1.12 bits per heavy atom. The number of amides is 3. The van der Waals surface area contributed by atoms with Gasteiger partial charge in [-0.05, 0) is 52.2 Å². The zero-order valence-electron chi connectivity index (χ0n) is 20.9. The number of nitrogens with zero attached hydrogens (tertiary/aromatic N) is 1. The van der Waals surface area contributed by atoms with Crippen LogP contribution in [0.15, 0.2) is 24.3 Å². The van der Waals surface area contributed by atoms with Crippen molar-refractivity contribution in [1.82, 2.24) is 15.5 Å². The Labute approximate surface area is 198 Å². The average molecular weight is 458 g/mol. The molecule has 0 spiro atoms. The largest absolute Gasteiger partial charge is 0.444 e. The summed E-state index contributed by atoms with van der Waals surface area (Å²) in [5.41, 5.74) is 0.445. The number of carbonyl (C=O) groups is 3. The van der Waals surface area contributed by atoms with E-state index in [9.17, 15) is 14.4 Å². The van der Waals surface area contributed by atoms with Crippen LogP contribution >= 0.6 is 0 Å². The minimum Gasteiger partial charge on any atom is -0.444 e. The molecule has 0 radical (unpaired) electrons. The van der Waals surface area contributed by atoms with E-state index in [1.54, 1.807) is 52.0 Å². The molecule has 1 rings (SSSR count). The number of ether oxygens (including phenoxy) is 1. The van der Waals surface area contributed by atoms with E-state index in [4.69, 9.17) is 11.2 Å². The zero-order chi connectivity index (χ0) is 25.0. The van der Waals surface area contributed by atoms with Crippen molar-refractivity contribution in [2.75, 3.05) is 13.1 Å². The van der Waals surface area contributed by atoms with E-state index in [0.29, 0.717) is 30.6 Å². The number of rotatable bonds is 11. The van der Waals surface area contributed by atoms with Gasteiger partial charge in [0.1, 0.15) is 17.7 Å². The summed E-state index contributed by atoms with van der Waals surface area (Å²) in [4.78, 5) is 40.6. The first-order valence-corrected chi connectivity index (χ1v) is 11.7. The summed E-state index contributed by atoms with van der Waals surface area (Å²) < 4.78 is 5.29. The fourth-order valence-corrected chi connectivity index (χ4v) is 3.29. The molecule has 2 unspecified atom stereocenters. The summed E-state index contributed by atoms with van der Waals surface area (Å²) in [5, 5.41) is 5.54. The van der Waals surface area contributed by atoms with Crippen molar-refractivity contribution in [2.45, 2.75) is 84.9 Å². The van der Waals surface area contributed by atoms with Crippen LogP contribution < -0.4 is 10.6 Å². The molecule has 0 saturated heterocycles. The lowest BCUT2D eigenvalue weighted by atomic mass is 9.97. The summed E-state index contributed by atoms with van der Waals surface area (Å²) in [5.74, 6) is 1.96. The number of carbonyl (C=O) groups excluding carboxylic acids is 3. The molecule has 1 aromatic carbocycles. The first-order chi connectivity index (χ1) is 15.6. The third-order valence-electron chi connectivity index (χ3n) is 4.94. The lowest BCUT2D eigenvalue weighted by Gasteiger charge is -2.34. The molecule has 3 amide bonds. The van der Waals surface area contributed by atoms with Crippen molar-refractivity contribution in [1.29, 1.82) is 0 Å². The summed E-state index contributed by atoms with van der Waals surface area (Å²) in [6, 6.07) is 5.34. The Morgan fingerprint density at radius 3 is 2.33 bits per heavy atom. The highest BCUT2D eigenvalue weighted by atomic mass is 16.6. The molecule has 0 heterocycles. The molecular formula is C26H39N3O4. The molecule has 7 heteroatoms. The molecular weight excluding hydrogens is 418 g/mol. The van der Waals surface area contributed by atoms with Crippen molar-refractivity contribution >= 4 is 17.9 Å². The number of alkyl carbamates (subject to hydrolysis) is 1. The van der Waals surface area contributed by atoms with Gasteiger partial charge >= 0.3 is 6.09 Å². The first-order valence-electron chi connectivity index (χ1n) is 11.7. The van der Waals surface area contributed by atoms with Gasteiger partial charge in [0.2, 0.25) is 11.8 Å². The lowest BCUT2D eigenvalue weighted by Crippen LogP contribution is -2.52.